The monoisotopic (exact) mass is 420 g/mol. The van der Waals surface area contributed by atoms with Crippen molar-refractivity contribution in [1.82, 2.24) is 30.5 Å². The number of benzene rings is 1. The molecule has 1 fully saturated rings. The zero-order valence-corrected chi connectivity index (χ0v) is 17.8. The number of aryl methyl sites for hydroxylation is 1. The number of halogens is 1. The molecule has 3 rings (SSSR count). The Labute approximate surface area is 175 Å². The van der Waals surface area contributed by atoms with Gasteiger partial charge < -0.3 is 4.90 Å². The minimum absolute atomic E-state index is 0.0231. The van der Waals surface area contributed by atoms with E-state index in [1.807, 2.05) is 13.1 Å². The van der Waals surface area contributed by atoms with Crippen molar-refractivity contribution in [2.24, 2.45) is 0 Å². The van der Waals surface area contributed by atoms with Gasteiger partial charge in [0.2, 0.25) is 5.91 Å². The van der Waals surface area contributed by atoms with Crippen molar-refractivity contribution in [1.29, 1.82) is 0 Å². The Hall–Kier alpha value is -2.10. The first kappa shape index (κ1) is 21.6. The van der Waals surface area contributed by atoms with Crippen LogP contribution in [-0.4, -0.2) is 45.2 Å². The first-order valence-electron chi connectivity index (χ1n) is 10.1. The van der Waals surface area contributed by atoms with Crippen LogP contribution in [0.4, 0.5) is 4.39 Å². The predicted molar refractivity (Wildman–Crippen MR) is 112 cm³/mol. The van der Waals surface area contributed by atoms with Crippen molar-refractivity contribution in [3.63, 3.8) is 0 Å². The van der Waals surface area contributed by atoms with E-state index in [0.29, 0.717) is 17.4 Å². The molecule has 0 radical (unpaired) electrons. The van der Waals surface area contributed by atoms with Gasteiger partial charge in [0.15, 0.2) is 4.77 Å². The van der Waals surface area contributed by atoms with Gasteiger partial charge >= 0.3 is 0 Å². The Kier molecular flexibility index (Phi) is 7.51. The van der Waals surface area contributed by atoms with E-state index in [9.17, 15) is 9.18 Å². The minimum atomic E-state index is -0.215. The van der Waals surface area contributed by atoms with Crippen LogP contribution in [-0.2, 0) is 17.8 Å². The summed E-state index contributed by atoms with van der Waals surface area (Å²) in [6.45, 7) is 2.96. The second-order valence-electron chi connectivity index (χ2n) is 7.57. The van der Waals surface area contributed by atoms with Gasteiger partial charge in [-0.3, -0.25) is 25.3 Å². The van der Waals surface area contributed by atoms with Crippen LogP contribution in [0, 0.1) is 10.6 Å². The highest BCUT2D eigenvalue weighted by Crippen LogP contribution is 2.24. The molecule has 3 N–H and O–H groups in total. The second-order valence-corrected chi connectivity index (χ2v) is 7.95. The van der Waals surface area contributed by atoms with Crippen LogP contribution in [0.25, 0.3) is 0 Å². The molecule has 1 aromatic carbocycles. The standard InChI is InChI=1S/C20H29FN6OS/c1-3-6-18-24-25-20(29)27(18)13-19(28)26(2)10-5-9-16-12-17(23-22-16)14-7-4-8-15(21)11-14/h4,7-8,11,16-17,22-23H,3,5-6,9-10,12-13H2,1-2H3,(H,25,29). The third kappa shape index (κ3) is 5.71. The maximum absolute atomic E-state index is 13.4. The quantitative estimate of drug-likeness (QED) is 0.544. The van der Waals surface area contributed by atoms with Crippen molar-refractivity contribution in [2.75, 3.05) is 13.6 Å². The van der Waals surface area contributed by atoms with Gasteiger partial charge in [0.1, 0.15) is 18.2 Å². The summed E-state index contributed by atoms with van der Waals surface area (Å²) in [6, 6.07) is 7.10. The summed E-state index contributed by atoms with van der Waals surface area (Å²) in [7, 11) is 1.82. The maximum Gasteiger partial charge on any atom is 0.242 e. The Morgan fingerprint density at radius 2 is 2.24 bits per heavy atom. The summed E-state index contributed by atoms with van der Waals surface area (Å²) in [5, 5.41) is 6.98. The van der Waals surface area contributed by atoms with E-state index in [1.165, 1.54) is 6.07 Å². The van der Waals surface area contributed by atoms with Crippen LogP contribution >= 0.6 is 12.2 Å². The molecule has 1 saturated heterocycles. The van der Waals surface area contributed by atoms with Crippen LogP contribution in [0.5, 0.6) is 0 Å². The van der Waals surface area contributed by atoms with E-state index < -0.39 is 0 Å². The van der Waals surface area contributed by atoms with Gasteiger partial charge in [0, 0.05) is 32.1 Å². The lowest BCUT2D eigenvalue weighted by Gasteiger charge is -2.19. The van der Waals surface area contributed by atoms with E-state index >= 15 is 0 Å². The van der Waals surface area contributed by atoms with Gasteiger partial charge in [-0.1, -0.05) is 19.1 Å². The van der Waals surface area contributed by atoms with Crippen molar-refractivity contribution in [3.05, 3.63) is 46.2 Å². The zero-order valence-electron chi connectivity index (χ0n) is 16.9. The lowest BCUT2D eigenvalue weighted by atomic mass is 9.99. The number of hydrogen-bond acceptors (Lipinski definition) is 5. The van der Waals surface area contributed by atoms with E-state index in [0.717, 1.165) is 43.5 Å². The van der Waals surface area contributed by atoms with E-state index in [-0.39, 0.29) is 24.3 Å². The topological polar surface area (TPSA) is 78.0 Å². The molecule has 0 spiro atoms. The molecule has 2 unspecified atom stereocenters. The number of aromatic nitrogens is 3. The predicted octanol–water partition coefficient (Wildman–Crippen LogP) is 2.88. The molecule has 1 aromatic heterocycles. The third-order valence-corrected chi connectivity index (χ3v) is 5.62. The number of carbonyl (C=O) groups is 1. The molecule has 158 valence electrons. The summed E-state index contributed by atoms with van der Waals surface area (Å²) >= 11 is 5.25. The summed E-state index contributed by atoms with van der Waals surface area (Å²) in [5.41, 5.74) is 7.48. The highest BCUT2D eigenvalue weighted by atomic mass is 32.1. The molecule has 1 aliphatic rings. The van der Waals surface area contributed by atoms with E-state index in [2.05, 4.69) is 28.0 Å². The first-order chi connectivity index (χ1) is 14.0. The number of hydrazine groups is 1. The maximum atomic E-state index is 13.4. The summed E-state index contributed by atoms with van der Waals surface area (Å²) < 4.78 is 15.7. The number of amides is 1. The van der Waals surface area contributed by atoms with Crippen molar-refractivity contribution in [3.8, 4) is 0 Å². The number of likely N-dealkylation sites (N-methyl/N-ethyl adjacent to an activating group) is 1. The van der Waals surface area contributed by atoms with Gasteiger partial charge in [0.05, 0.1) is 0 Å². The molecular formula is C20H29FN6OS. The number of hydrogen-bond donors (Lipinski definition) is 3. The van der Waals surface area contributed by atoms with Crippen LogP contribution < -0.4 is 10.9 Å². The molecule has 29 heavy (non-hydrogen) atoms. The second kappa shape index (κ2) is 10.1. The zero-order chi connectivity index (χ0) is 20.8. The van der Waals surface area contributed by atoms with Gasteiger partial charge in [-0.05, 0) is 55.6 Å². The van der Waals surface area contributed by atoms with Gasteiger partial charge in [-0.2, -0.15) is 5.10 Å². The highest BCUT2D eigenvalue weighted by molar-refractivity contribution is 7.71. The van der Waals surface area contributed by atoms with E-state index in [4.69, 9.17) is 12.2 Å². The largest absolute Gasteiger partial charge is 0.344 e. The number of aromatic amines is 1. The summed E-state index contributed by atoms with van der Waals surface area (Å²) in [6.07, 6.45) is 4.45. The minimum Gasteiger partial charge on any atom is -0.344 e. The summed E-state index contributed by atoms with van der Waals surface area (Å²) in [5.74, 6) is 0.631. The SMILES string of the molecule is CCCc1n[nH]c(=S)n1CC(=O)N(C)CCCC1CC(c2cccc(F)c2)NN1. The fourth-order valence-electron chi connectivity index (χ4n) is 3.64. The average Bonchev–Trinajstić information content (AvgIpc) is 3.30. The van der Waals surface area contributed by atoms with Gasteiger partial charge in [-0.15, -0.1) is 0 Å². The number of rotatable bonds is 9. The number of nitrogens with one attached hydrogen (secondary N) is 3. The van der Waals surface area contributed by atoms with Gasteiger partial charge in [-0.25, -0.2) is 4.39 Å². The Balaban J connectivity index is 1.43. The highest BCUT2D eigenvalue weighted by Gasteiger charge is 2.25. The molecule has 1 amide bonds. The van der Waals surface area contributed by atoms with Gasteiger partial charge in [0.25, 0.3) is 0 Å². The van der Waals surface area contributed by atoms with Crippen LogP contribution in [0.15, 0.2) is 24.3 Å². The molecule has 9 heteroatoms. The van der Waals surface area contributed by atoms with Crippen molar-refractivity contribution >= 4 is 18.1 Å². The molecule has 0 aliphatic carbocycles. The van der Waals surface area contributed by atoms with Crippen LogP contribution in [0.2, 0.25) is 0 Å². The van der Waals surface area contributed by atoms with E-state index in [1.54, 1.807) is 21.6 Å². The molecule has 0 saturated carbocycles. The normalized spacial score (nSPS) is 18.9. The molecule has 7 nitrogen and oxygen atoms in total. The van der Waals surface area contributed by atoms with Crippen LogP contribution in [0.1, 0.15) is 50.0 Å². The fraction of sp³-hybridized carbons (Fsp3) is 0.550. The molecular weight excluding hydrogens is 391 g/mol. The fourth-order valence-corrected chi connectivity index (χ4v) is 3.85. The first-order valence-corrected chi connectivity index (χ1v) is 10.5. The lowest BCUT2D eigenvalue weighted by molar-refractivity contribution is -0.130. The van der Waals surface area contributed by atoms with Crippen molar-refractivity contribution < 1.29 is 9.18 Å². The average molecular weight is 421 g/mol. The Bertz CT molecular complexity index is 882. The number of H-pyrrole nitrogens is 1. The number of nitrogens with zero attached hydrogens (tertiary/aromatic N) is 3. The lowest BCUT2D eigenvalue weighted by Crippen LogP contribution is -2.34. The summed E-state index contributed by atoms with van der Waals surface area (Å²) in [4.78, 5) is 14.3. The Morgan fingerprint density at radius 3 is 3.00 bits per heavy atom. The Morgan fingerprint density at radius 1 is 1.41 bits per heavy atom. The molecule has 2 heterocycles. The van der Waals surface area contributed by atoms with Crippen LogP contribution in [0.3, 0.4) is 0 Å². The van der Waals surface area contributed by atoms with Crippen molar-refractivity contribution in [2.45, 2.75) is 57.7 Å². The molecule has 2 aromatic rings. The molecule has 1 aliphatic heterocycles. The molecule has 0 bridgehead atoms. The third-order valence-electron chi connectivity index (χ3n) is 5.31. The number of carbonyl (C=O) groups excluding carboxylic acids is 1. The molecule has 2 atom stereocenters. The smallest absolute Gasteiger partial charge is 0.242 e.